The Balaban J connectivity index is 2.47. The lowest BCUT2D eigenvalue weighted by atomic mass is 10.0. The zero-order valence-electron chi connectivity index (χ0n) is 12.4. The summed E-state index contributed by atoms with van der Waals surface area (Å²) in [6.07, 6.45) is 1.16. The zero-order valence-corrected chi connectivity index (χ0v) is 13.2. The molecule has 112 valence electrons. The van der Waals surface area contributed by atoms with Crippen LogP contribution in [0.15, 0.2) is 47.4 Å². The lowest BCUT2D eigenvalue weighted by molar-refractivity contribution is 0.602. The highest BCUT2D eigenvalue weighted by atomic mass is 32.2. The van der Waals surface area contributed by atoms with Crippen LogP contribution in [0.3, 0.4) is 0 Å². The Morgan fingerprint density at radius 2 is 1.62 bits per heavy atom. The van der Waals surface area contributed by atoms with Gasteiger partial charge in [-0.3, -0.25) is 0 Å². The predicted molar refractivity (Wildman–Crippen MR) is 87.8 cm³/mol. The van der Waals surface area contributed by atoms with Crippen molar-refractivity contribution in [3.8, 4) is 0 Å². The molecule has 0 saturated carbocycles. The number of hydrogen-bond acceptors (Lipinski definition) is 4. The molecule has 4 nitrogen and oxygen atoms in total. The fourth-order valence-corrected chi connectivity index (χ4v) is 3.07. The minimum atomic E-state index is -3.34. The number of benzene rings is 2. The van der Waals surface area contributed by atoms with Crippen molar-refractivity contribution in [3.05, 3.63) is 48.0 Å². The van der Waals surface area contributed by atoms with Crippen LogP contribution in [0.1, 0.15) is 25.3 Å². The predicted octanol–water partition coefficient (Wildman–Crippen LogP) is 3.54. The van der Waals surface area contributed by atoms with Gasteiger partial charge in [0.05, 0.1) is 16.3 Å². The van der Waals surface area contributed by atoms with Gasteiger partial charge in [-0.1, -0.05) is 38.1 Å². The van der Waals surface area contributed by atoms with Gasteiger partial charge in [-0.2, -0.15) is 0 Å². The number of rotatable bonds is 4. The van der Waals surface area contributed by atoms with Gasteiger partial charge in [0, 0.05) is 11.9 Å². The standard InChI is InChI=1S/C16H20N2O2S/c1-11(2)12-7-4-5-8-13(12)18-14-9-6-10-15(16(14)17)21(3,19)20/h4-11,18H,17H2,1-3H3. The van der Waals surface area contributed by atoms with E-state index in [-0.39, 0.29) is 10.6 Å². The van der Waals surface area contributed by atoms with Crippen molar-refractivity contribution in [2.24, 2.45) is 0 Å². The molecule has 0 unspecified atom stereocenters. The van der Waals surface area contributed by atoms with E-state index in [9.17, 15) is 8.42 Å². The van der Waals surface area contributed by atoms with Crippen molar-refractivity contribution in [2.45, 2.75) is 24.7 Å². The van der Waals surface area contributed by atoms with Gasteiger partial charge in [-0.25, -0.2) is 8.42 Å². The number of anilines is 3. The maximum Gasteiger partial charge on any atom is 0.177 e. The normalized spacial score (nSPS) is 11.6. The molecular formula is C16H20N2O2S. The van der Waals surface area contributed by atoms with Gasteiger partial charge >= 0.3 is 0 Å². The number of nitrogens with two attached hydrogens (primary N) is 1. The summed E-state index contributed by atoms with van der Waals surface area (Å²) in [4.78, 5) is 0.148. The van der Waals surface area contributed by atoms with Crippen molar-refractivity contribution < 1.29 is 8.42 Å². The molecule has 0 radical (unpaired) electrons. The molecule has 2 rings (SSSR count). The van der Waals surface area contributed by atoms with Crippen molar-refractivity contribution in [1.29, 1.82) is 0 Å². The van der Waals surface area contributed by atoms with E-state index in [0.29, 0.717) is 11.6 Å². The minimum Gasteiger partial charge on any atom is -0.396 e. The van der Waals surface area contributed by atoms with Gasteiger partial charge in [0.1, 0.15) is 0 Å². The Morgan fingerprint density at radius 3 is 2.24 bits per heavy atom. The monoisotopic (exact) mass is 304 g/mol. The Labute approximate surface area is 125 Å². The largest absolute Gasteiger partial charge is 0.396 e. The molecular weight excluding hydrogens is 284 g/mol. The number of nitrogens with one attached hydrogen (secondary N) is 1. The molecule has 0 bridgehead atoms. The van der Waals surface area contributed by atoms with Crippen molar-refractivity contribution in [3.63, 3.8) is 0 Å². The van der Waals surface area contributed by atoms with Crippen LogP contribution in [0, 0.1) is 0 Å². The molecule has 21 heavy (non-hydrogen) atoms. The quantitative estimate of drug-likeness (QED) is 0.847. The van der Waals surface area contributed by atoms with Crippen LogP contribution in [-0.4, -0.2) is 14.7 Å². The van der Waals surface area contributed by atoms with Gasteiger partial charge < -0.3 is 11.1 Å². The summed E-state index contributed by atoms with van der Waals surface area (Å²) in [5, 5.41) is 3.25. The van der Waals surface area contributed by atoms with E-state index in [1.165, 1.54) is 6.07 Å². The lowest BCUT2D eigenvalue weighted by Gasteiger charge is -2.17. The maximum atomic E-state index is 11.7. The van der Waals surface area contributed by atoms with E-state index in [0.717, 1.165) is 17.5 Å². The van der Waals surface area contributed by atoms with Crippen LogP contribution in [-0.2, 0) is 9.84 Å². The average Bonchev–Trinajstić information content (AvgIpc) is 2.40. The van der Waals surface area contributed by atoms with Gasteiger partial charge in [-0.05, 0) is 29.7 Å². The molecule has 0 heterocycles. The fraction of sp³-hybridized carbons (Fsp3) is 0.250. The third-order valence-electron chi connectivity index (χ3n) is 3.32. The van der Waals surface area contributed by atoms with E-state index in [4.69, 9.17) is 5.73 Å². The molecule has 0 saturated heterocycles. The summed E-state index contributed by atoms with van der Waals surface area (Å²) in [6.45, 7) is 4.22. The first-order chi connectivity index (χ1) is 9.80. The van der Waals surface area contributed by atoms with Gasteiger partial charge in [0.2, 0.25) is 0 Å². The molecule has 0 spiro atoms. The molecule has 3 N–H and O–H groups in total. The van der Waals surface area contributed by atoms with Crippen molar-refractivity contribution in [2.75, 3.05) is 17.3 Å². The van der Waals surface area contributed by atoms with E-state index in [1.807, 2.05) is 24.3 Å². The van der Waals surface area contributed by atoms with Crippen LogP contribution in [0.25, 0.3) is 0 Å². The van der Waals surface area contributed by atoms with Crippen LogP contribution in [0.2, 0.25) is 0 Å². The molecule has 0 aliphatic rings. The SMILES string of the molecule is CC(C)c1ccccc1Nc1cccc(S(C)(=O)=O)c1N. The lowest BCUT2D eigenvalue weighted by Crippen LogP contribution is -2.06. The van der Waals surface area contributed by atoms with Gasteiger partial charge in [0.15, 0.2) is 9.84 Å². The summed E-state index contributed by atoms with van der Waals surface area (Å²) >= 11 is 0. The molecule has 2 aromatic rings. The Hall–Kier alpha value is -2.01. The first kappa shape index (κ1) is 15.4. The Kier molecular flexibility index (Phi) is 4.23. The van der Waals surface area contributed by atoms with E-state index in [1.54, 1.807) is 12.1 Å². The molecule has 0 atom stereocenters. The molecule has 0 aromatic heterocycles. The second-order valence-electron chi connectivity index (χ2n) is 5.36. The molecule has 0 amide bonds. The van der Waals surface area contributed by atoms with Gasteiger partial charge in [-0.15, -0.1) is 0 Å². The third-order valence-corrected chi connectivity index (χ3v) is 4.47. The van der Waals surface area contributed by atoms with Crippen LogP contribution < -0.4 is 11.1 Å². The summed E-state index contributed by atoms with van der Waals surface area (Å²) < 4.78 is 23.5. The van der Waals surface area contributed by atoms with E-state index < -0.39 is 9.84 Å². The fourth-order valence-electron chi connectivity index (χ4n) is 2.24. The average molecular weight is 304 g/mol. The Bertz CT molecular complexity index is 753. The summed E-state index contributed by atoms with van der Waals surface area (Å²) in [7, 11) is -3.34. The van der Waals surface area contributed by atoms with Crippen LogP contribution >= 0.6 is 0 Å². The zero-order chi connectivity index (χ0) is 15.6. The number of sulfone groups is 1. The first-order valence-electron chi connectivity index (χ1n) is 6.75. The number of para-hydroxylation sites is 2. The highest BCUT2D eigenvalue weighted by Gasteiger charge is 2.15. The molecule has 0 aliphatic carbocycles. The maximum absolute atomic E-state index is 11.7. The summed E-state index contributed by atoms with van der Waals surface area (Å²) in [5.74, 6) is 0.355. The van der Waals surface area contributed by atoms with Crippen LogP contribution in [0.4, 0.5) is 17.1 Å². The minimum absolute atomic E-state index is 0.148. The van der Waals surface area contributed by atoms with E-state index in [2.05, 4.69) is 19.2 Å². The highest BCUT2D eigenvalue weighted by Crippen LogP contribution is 2.32. The number of nitrogen functional groups attached to an aromatic ring is 1. The highest BCUT2D eigenvalue weighted by molar-refractivity contribution is 7.90. The molecule has 5 heteroatoms. The third kappa shape index (κ3) is 3.36. The Morgan fingerprint density at radius 1 is 1.00 bits per heavy atom. The topological polar surface area (TPSA) is 72.2 Å². The van der Waals surface area contributed by atoms with Gasteiger partial charge in [0.25, 0.3) is 0 Å². The molecule has 2 aromatic carbocycles. The first-order valence-corrected chi connectivity index (χ1v) is 8.64. The van der Waals surface area contributed by atoms with E-state index >= 15 is 0 Å². The smallest absolute Gasteiger partial charge is 0.177 e. The summed E-state index contributed by atoms with van der Waals surface area (Å²) in [6, 6.07) is 12.9. The van der Waals surface area contributed by atoms with Crippen molar-refractivity contribution in [1.82, 2.24) is 0 Å². The second-order valence-corrected chi connectivity index (χ2v) is 7.34. The van der Waals surface area contributed by atoms with Crippen molar-refractivity contribution >= 4 is 26.9 Å². The molecule has 0 aliphatic heterocycles. The molecule has 0 fully saturated rings. The second kappa shape index (κ2) is 5.77. The number of hydrogen-bond donors (Lipinski definition) is 2. The van der Waals surface area contributed by atoms with Crippen LogP contribution in [0.5, 0.6) is 0 Å². The summed E-state index contributed by atoms with van der Waals surface area (Å²) in [5.41, 5.74) is 8.94.